The maximum atomic E-state index is 12.4. The minimum Gasteiger partial charge on any atom is -0.355 e. The molecule has 0 radical (unpaired) electrons. The van der Waals surface area contributed by atoms with Crippen molar-refractivity contribution in [2.75, 3.05) is 38.0 Å². The fourth-order valence-corrected chi connectivity index (χ4v) is 4.00. The summed E-state index contributed by atoms with van der Waals surface area (Å²) in [6, 6.07) is 13.6. The number of amides is 1. The molecule has 2 aromatic heterocycles. The molecule has 28 heavy (non-hydrogen) atoms. The molecule has 3 aromatic rings. The van der Waals surface area contributed by atoms with Crippen LogP contribution in [0.4, 0.5) is 5.69 Å². The zero-order chi connectivity index (χ0) is 19.3. The number of benzene rings is 1. The zero-order valence-electron chi connectivity index (χ0n) is 15.9. The molecular formula is C21H24N4O2S. The van der Waals surface area contributed by atoms with E-state index in [2.05, 4.69) is 39.3 Å². The van der Waals surface area contributed by atoms with Crippen LogP contribution in [-0.2, 0) is 6.54 Å². The molecule has 0 atom stereocenters. The molecular weight excluding hydrogens is 372 g/mol. The van der Waals surface area contributed by atoms with E-state index < -0.39 is 0 Å². The van der Waals surface area contributed by atoms with Gasteiger partial charge in [0, 0.05) is 44.5 Å². The molecule has 0 spiro atoms. The van der Waals surface area contributed by atoms with E-state index in [1.54, 1.807) is 17.4 Å². The molecule has 0 saturated carbocycles. The summed E-state index contributed by atoms with van der Waals surface area (Å²) in [5.74, 6) is 0.341. The average molecular weight is 397 g/mol. The first-order valence-corrected chi connectivity index (χ1v) is 10.4. The number of hydrogen-bond donors (Lipinski definition) is 1. The van der Waals surface area contributed by atoms with Crippen molar-refractivity contribution in [2.24, 2.45) is 0 Å². The average Bonchev–Trinajstić information content (AvgIpc) is 3.42. The molecule has 1 saturated heterocycles. The zero-order valence-corrected chi connectivity index (χ0v) is 16.7. The van der Waals surface area contributed by atoms with Crippen molar-refractivity contribution in [1.82, 2.24) is 15.0 Å². The molecule has 6 nitrogen and oxygen atoms in total. The molecule has 0 bridgehead atoms. The second kappa shape index (κ2) is 8.68. The molecule has 1 aromatic carbocycles. The van der Waals surface area contributed by atoms with E-state index in [4.69, 9.17) is 4.52 Å². The summed E-state index contributed by atoms with van der Waals surface area (Å²) < 4.78 is 5.28. The molecule has 1 fully saturated rings. The van der Waals surface area contributed by atoms with E-state index in [-0.39, 0.29) is 11.6 Å². The maximum absolute atomic E-state index is 12.4. The second-order valence-electron chi connectivity index (χ2n) is 6.92. The lowest BCUT2D eigenvalue weighted by Crippen LogP contribution is -2.45. The molecule has 0 unspecified atom stereocenters. The normalized spacial score (nSPS) is 15.6. The Kier molecular flexibility index (Phi) is 5.85. The van der Waals surface area contributed by atoms with Gasteiger partial charge in [-0.3, -0.25) is 9.69 Å². The van der Waals surface area contributed by atoms with Crippen molar-refractivity contribution in [1.29, 1.82) is 0 Å². The fraction of sp³-hybridized carbons (Fsp3) is 0.333. The van der Waals surface area contributed by atoms with Crippen molar-refractivity contribution in [3.63, 3.8) is 0 Å². The van der Waals surface area contributed by atoms with Crippen LogP contribution in [0.15, 0.2) is 52.4 Å². The Bertz CT molecular complexity index is 897. The summed E-state index contributed by atoms with van der Waals surface area (Å²) in [5, 5.41) is 8.73. The fourth-order valence-electron chi connectivity index (χ4n) is 3.33. The first-order chi connectivity index (χ1) is 13.7. The minimum atomic E-state index is -0.269. The third kappa shape index (κ3) is 4.49. The van der Waals surface area contributed by atoms with E-state index in [1.165, 1.54) is 5.56 Å². The number of nitrogens with zero attached hydrogens (tertiary/aromatic N) is 3. The smallest absolute Gasteiger partial charge is 0.277 e. The lowest BCUT2D eigenvalue weighted by Gasteiger charge is -2.34. The molecule has 7 heteroatoms. The molecule has 1 N–H and O–H groups in total. The van der Waals surface area contributed by atoms with Crippen molar-refractivity contribution < 1.29 is 9.32 Å². The Balaban J connectivity index is 1.32. The standard InChI is InChI=1S/C21H24N4O2S/c1-2-24-9-11-25(12-10-24)15-16-5-7-17(8-6-16)22-21(26)18-14-19(27-23-18)20-4-3-13-28-20/h3-8,13-14H,2,9-12,15H2,1H3,(H,22,26). The highest BCUT2D eigenvalue weighted by atomic mass is 32.1. The SMILES string of the molecule is CCN1CCN(Cc2ccc(NC(=O)c3cc(-c4cccs4)on3)cc2)CC1. The van der Waals surface area contributed by atoms with E-state index in [1.807, 2.05) is 29.6 Å². The van der Waals surface area contributed by atoms with E-state index in [9.17, 15) is 4.79 Å². The number of anilines is 1. The van der Waals surface area contributed by atoms with Gasteiger partial charge in [-0.15, -0.1) is 11.3 Å². The van der Waals surface area contributed by atoms with Crippen molar-refractivity contribution in [3.8, 4) is 10.6 Å². The number of carbonyl (C=O) groups excluding carboxylic acids is 1. The van der Waals surface area contributed by atoms with Crippen LogP contribution >= 0.6 is 11.3 Å². The Labute approximate surface area is 168 Å². The van der Waals surface area contributed by atoms with Crippen LogP contribution in [0.5, 0.6) is 0 Å². The van der Waals surface area contributed by atoms with Gasteiger partial charge in [-0.05, 0) is 35.7 Å². The number of hydrogen-bond acceptors (Lipinski definition) is 6. The number of rotatable bonds is 6. The predicted molar refractivity (Wildman–Crippen MR) is 112 cm³/mol. The summed E-state index contributed by atoms with van der Waals surface area (Å²) in [6.45, 7) is 8.76. The summed E-state index contributed by atoms with van der Waals surface area (Å²) >= 11 is 1.55. The third-order valence-corrected chi connectivity index (χ3v) is 5.92. The highest BCUT2D eigenvalue weighted by Crippen LogP contribution is 2.25. The van der Waals surface area contributed by atoms with Gasteiger partial charge in [0.05, 0.1) is 4.88 Å². The van der Waals surface area contributed by atoms with Gasteiger partial charge in [0.1, 0.15) is 0 Å². The van der Waals surface area contributed by atoms with Gasteiger partial charge in [0.2, 0.25) is 0 Å². The van der Waals surface area contributed by atoms with Gasteiger partial charge in [-0.2, -0.15) is 0 Å². The lowest BCUT2D eigenvalue weighted by atomic mass is 10.1. The van der Waals surface area contributed by atoms with Crippen molar-refractivity contribution in [2.45, 2.75) is 13.5 Å². The van der Waals surface area contributed by atoms with Gasteiger partial charge in [-0.25, -0.2) is 0 Å². The molecule has 3 heterocycles. The summed E-state index contributed by atoms with van der Waals surface area (Å²) in [6.07, 6.45) is 0. The van der Waals surface area contributed by atoms with Gasteiger partial charge in [0.25, 0.3) is 5.91 Å². The van der Waals surface area contributed by atoms with Crippen molar-refractivity contribution >= 4 is 22.9 Å². The van der Waals surface area contributed by atoms with E-state index in [0.29, 0.717) is 5.76 Å². The Morgan fingerprint density at radius 2 is 1.89 bits per heavy atom. The predicted octanol–water partition coefficient (Wildman–Crippen LogP) is 3.79. The topological polar surface area (TPSA) is 61.6 Å². The number of likely N-dealkylation sites (N-methyl/N-ethyl adjacent to an activating group) is 1. The molecule has 0 aliphatic carbocycles. The first-order valence-electron chi connectivity index (χ1n) is 9.57. The largest absolute Gasteiger partial charge is 0.355 e. The van der Waals surface area contributed by atoms with Crippen LogP contribution in [0.25, 0.3) is 10.6 Å². The van der Waals surface area contributed by atoms with Gasteiger partial charge in [0.15, 0.2) is 11.5 Å². The van der Waals surface area contributed by atoms with Crippen molar-refractivity contribution in [3.05, 3.63) is 59.1 Å². The molecule has 1 aliphatic heterocycles. The van der Waals surface area contributed by atoms with Crippen LogP contribution in [0, 0.1) is 0 Å². The monoisotopic (exact) mass is 396 g/mol. The van der Waals surface area contributed by atoms with Gasteiger partial charge < -0.3 is 14.7 Å². The third-order valence-electron chi connectivity index (χ3n) is 5.04. The first kappa shape index (κ1) is 18.9. The number of nitrogens with one attached hydrogen (secondary N) is 1. The highest BCUT2D eigenvalue weighted by Gasteiger charge is 2.16. The number of aromatic nitrogens is 1. The quantitative estimate of drug-likeness (QED) is 0.687. The Morgan fingerprint density at radius 3 is 2.57 bits per heavy atom. The summed E-state index contributed by atoms with van der Waals surface area (Å²) in [4.78, 5) is 18.3. The second-order valence-corrected chi connectivity index (χ2v) is 7.86. The minimum absolute atomic E-state index is 0.269. The molecule has 1 amide bonds. The lowest BCUT2D eigenvalue weighted by molar-refractivity contribution is 0.101. The number of piperazine rings is 1. The molecule has 1 aliphatic rings. The van der Waals surface area contributed by atoms with Gasteiger partial charge in [-0.1, -0.05) is 30.3 Å². The number of carbonyl (C=O) groups is 1. The Hall–Kier alpha value is -2.48. The van der Waals surface area contributed by atoms with Crippen LogP contribution < -0.4 is 5.32 Å². The highest BCUT2D eigenvalue weighted by molar-refractivity contribution is 7.13. The van der Waals surface area contributed by atoms with Crippen LogP contribution in [0.3, 0.4) is 0 Å². The maximum Gasteiger partial charge on any atom is 0.277 e. The van der Waals surface area contributed by atoms with E-state index >= 15 is 0 Å². The Morgan fingerprint density at radius 1 is 1.14 bits per heavy atom. The van der Waals surface area contributed by atoms with Gasteiger partial charge >= 0.3 is 0 Å². The summed E-state index contributed by atoms with van der Waals surface area (Å²) in [5.41, 5.74) is 2.29. The van der Waals surface area contributed by atoms with Crippen LogP contribution in [0.1, 0.15) is 23.0 Å². The summed E-state index contributed by atoms with van der Waals surface area (Å²) in [7, 11) is 0. The van der Waals surface area contributed by atoms with E-state index in [0.717, 1.165) is 49.8 Å². The van der Waals surface area contributed by atoms with Crippen LogP contribution in [-0.4, -0.2) is 53.6 Å². The number of thiophene rings is 1. The molecule has 146 valence electrons. The van der Waals surface area contributed by atoms with Crippen LogP contribution in [0.2, 0.25) is 0 Å². The molecule has 4 rings (SSSR count).